The fourth-order valence-electron chi connectivity index (χ4n) is 1.16. The highest BCUT2D eigenvalue weighted by molar-refractivity contribution is 5.70. The maximum absolute atomic E-state index is 10.8. The van der Waals surface area contributed by atoms with Gasteiger partial charge in [-0.2, -0.15) is 0 Å². The van der Waals surface area contributed by atoms with Gasteiger partial charge in [-0.25, -0.2) is 4.79 Å². The van der Waals surface area contributed by atoms with Crippen molar-refractivity contribution in [2.45, 2.75) is 19.4 Å². The molecule has 0 spiro atoms. The molecule has 4 heteroatoms. The maximum atomic E-state index is 10.8. The van der Waals surface area contributed by atoms with Gasteiger partial charge in [-0.05, 0) is 19.9 Å². The van der Waals surface area contributed by atoms with Gasteiger partial charge in [0.2, 0.25) is 0 Å². The zero-order valence-corrected chi connectivity index (χ0v) is 7.34. The fourth-order valence-corrected chi connectivity index (χ4v) is 1.16. The minimum absolute atomic E-state index is 0.0835. The molecule has 1 fully saturated rings. The Hall–Kier alpha value is -0.610. The van der Waals surface area contributed by atoms with Crippen LogP contribution in [0.1, 0.15) is 13.3 Å². The Kier molecular flexibility index (Phi) is 4.04. The van der Waals surface area contributed by atoms with Crippen molar-refractivity contribution in [3.8, 4) is 0 Å². The topological polar surface area (TPSA) is 47.6 Å². The first-order valence-electron chi connectivity index (χ1n) is 4.31. The molecule has 0 radical (unpaired) electrons. The number of nitrogens with one attached hydrogen (secondary N) is 1. The lowest BCUT2D eigenvalue weighted by atomic mass is 10.3. The molecule has 70 valence electrons. The molecule has 1 saturated heterocycles. The first-order chi connectivity index (χ1) is 5.83. The quantitative estimate of drug-likeness (QED) is 0.604. The van der Waals surface area contributed by atoms with Gasteiger partial charge in [0.1, 0.15) is 6.61 Å². The van der Waals surface area contributed by atoms with Crippen LogP contribution in [0, 0.1) is 0 Å². The molecule has 0 amide bonds. The van der Waals surface area contributed by atoms with Crippen molar-refractivity contribution in [2.24, 2.45) is 0 Å². The summed E-state index contributed by atoms with van der Waals surface area (Å²) in [5.41, 5.74) is 0. The second-order valence-corrected chi connectivity index (χ2v) is 2.73. The van der Waals surface area contributed by atoms with Gasteiger partial charge in [0, 0.05) is 6.54 Å². The Balaban J connectivity index is 2.03. The van der Waals surface area contributed by atoms with Crippen LogP contribution >= 0.6 is 0 Å². The van der Waals surface area contributed by atoms with Crippen molar-refractivity contribution in [2.75, 3.05) is 26.3 Å². The van der Waals surface area contributed by atoms with Crippen LogP contribution in [0.3, 0.4) is 0 Å². The highest BCUT2D eigenvalue weighted by atomic mass is 16.6. The van der Waals surface area contributed by atoms with E-state index in [1.54, 1.807) is 6.92 Å². The van der Waals surface area contributed by atoms with Crippen LogP contribution < -0.4 is 5.32 Å². The zero-order chi connectivity index (χ0) is 8.81. The number of rotatable bonds is 4. The maximum Gasteiger partial charge on any atom is 0.332 e. The Morgan fingerprint density at radius 1 is 1.67 bits per heavy atom. The number of carbonyl (C=O) groups excluding carboxylic acids is 1. The van der Waals surface area contributed by atoms with E-state index in [1.807, 2.05) is 0 Å². The van der Waals surface area contributed by atoms with E-state index < -0.39 is 0 Å². The summed E-state index contributed by atoms with van der Waals surface area (Å²) in [7, 11) is 0. The summed E-state index contributed by atoms with van der Waals surface area (Å²) < 4.78 is 10.00. The summed E-state index contributed by atoms with van der Waals surface area (Å²) in [5.74, 6) is -0.274. The van der Waals surface area contributed by atoms with E-state index in [-0.39, 0.29) is 18.7 Å². The Morgan fingerprint density at radius 3 is 3.08 bits per heavy atom. The molecule has 1 unspecified atom stereocenters. The average molecular weight is 173 g/mol. The molecule has 1 rings (SSSR count). The van der Waals surface area contributed by atoms with Crippen LogP contribution in [0.5, 0.6) is 0 Å². The van der Waals surface area contributed by atoms with Gasteiger partial charge in [0.25, 0.3) is 0 Å². The van der Waals surface area contributed by atoms with Gasteiger partial charge in [-0.1, -0.05) is 0 Å². The van der Waals surface area contributed by atoms with Crippen molar-refractivity contribution in [1.29, 1.82) is 0 Å². The molecule has 0 aromatic carbocycles. The zero-order valence-electron chi connectivity index (χ0n) is 7.34. The van der Waals surface area contributed by atoms with Gasteiger partial charge in [0.05, 0.1) is 12.7 Å². The first-order valence-corrected chi connectivity index (χ1v) is 4.31. The second kappa shape index (κ2) is 5.11. The standard InChI is InChI=1S/C8H15NO3/c1-2-11-8(10)6-12-7-3-4-9-5-7/h7,9H,2-6H2,1H3. The predicted octanol–water partition coefficient (Wildman–Crippen LogP) is -0.0720. The number of ether oxygens (including phenoxy) is 2. The van der Waals surface area contributed by atoms with Crippen LogP contribution in [-0.4, -0.2) is 38.4 Å². The third-order valence-corrected chi connectivity index (χ3v) is 1.76. The minimum Gasteiger partial charge on any atom is -0.464 e. The number of carbonyl (C=O) groups is 1. The molecule has 1 N–H and O–H groups in total. The van der Waals surface area contributed by atoms with E-state index in [0.29, 0.717) is 6.61 Å². The summed E-state index contributed by atoms with van der Waals surface area (Å²) in [4.78, 5) is 10.8. The first kappa shape index (κ1) is 9.48. The molecule has 1 aliphatic heterocycles. The second-order valence-electron chi connectivity index (χ2n) is 2.73. The minimum atomic E-state index is -0.274. The van der Waals surface area contributed by atoms with Gasteiger partial charge >= 0.3 is 5.97 Å². The van der Waals surface area contributed by atoms with E-state index in [0.717, 1.165) is 19.5 Å². The van der Waals surface area contributed by atoms with E-state index in [1.165, 1.54) is 0 Å². The van der Waals surface area contributed by atoms with Crippen molar-refractivity contribution >= 4 is 5.97 Å². The van der Waals surface area contributed by atoms with Crippen LogP contribution in [0.2, 0.25) is 0 Å². The Labute approximate surface area is 72.2 Å². The number of esters is 1. The van der Waals surface area contributed by atoms with Crippen LogP contribution in [-0.2, 0) is 14.3 Å². The summed E-state index contributed by atoms with van der Waals surface area (Å²) in [6.07, 6.45) is 1.17. The molecule has 0 aromatic rings. The van der Waals surface area contributed by atoms with Crippen LogP contribution in [0.4, 0.5) is 0 Å². The lowest BCUT2D eigenvalue weighted by Gasteiger charge is -2.08. The summed E-state index contributed by atoms with van der Waals surface area (Å²) in [5, 5.41) is 3.15. The van der Waals surface area contributed by atoms with E-state index in [4.69, 9.17) is 9.47 Å². The average Bonchev–Trinajstić information content (AvgIpc) is 2.53. The SMILES string of the molecule is CCOC(=O)COC1CCNC1. The van der Waals surface area contributed by atoms with Crippen molar-refractivity contribution in [3.05, 3.63) is 0 Å². The highest BCUT2D eigenvalue weighted by Gasteiger charge is 2.16. The third-order valence-electron chi connectivity index (χ3n) is 1.76. The Morgan fingerprint density at radius 2 is 2.50 bits per heavy atom. The van der Waals surface area contributed by atoms with Crippen LogP contribution in [0.15, 0.2) is 0 Å². The van der Waals surface area contributed by atoms with Gasteiger partial charge in [-0.3, -0.25) is 0 Å². The molecule has 1 aliphatic rings. The van der Waals surface area contributed by atoms with Crippen molar-refractivity contribution < 1.29 is 14.3 Å². The third kappa shape index (κ3) is 3.19. The molecule has 4 nitrogen and oxygen atoms in total. The Bertz CT molecular complexity index is 143. The number of hydrogen-bond acceptors (Lipinski definition) is 4. The van der Waals surface area contributed by atoms with E-state index in [2.05, 4.69) is 5.32 Å². The summed E-state index contributed by atoms with van der Waals surface area (Å²) >= 11 is 0. The van der Waals surface area contributed by atoms with Crippen molar-refractivity contribution in [3.63, 3.8) is 0 Å². The van der Waals surface area contributed by atoms with Crippen LogP contribution in [0.25, 0.3) is 0 Å². The molecule has 0 saturated carbocycles. The fraction of sp³-hybridized carbons (Fsp3) is 0.875. The molecular formula is C8H15NO3. The molecule has 12 heavy (non-hydrogen) atoms. The lowest BCUT2D eigenvalue weighted by Crippen LogP contribution is -2.21. The lowest BCUT2D eigenvalue weighted by molar-refractivity contribution is -0.150. The van der Waals surface area contributed by atoms with Crippen molar-refractivity contribution in [1.82, 2.24) is 5.32 Å². The molecule has 0 bridgehead atoms. The molecular weight excluding hydrogens is 158 g/mol. The monoisotopic (exact) mass is 173 g/mol. The molecule has 0 aliphatic carbocycles. The molecule has 1 heterocycles. The highest BCUT2D eigenvalue weighted by Crippen LogP contribution is 2.02. The van der Waals surface area contributed by atoms with Gasteiger partial charge in [0.15, 0.2) is 0 Å². The van der Waals surface area contributed by atoms with Gasteiger partial charge < -0.3 is 14.8 Å². The summed E-state index contributed by atoms with van der Waals surface area (Å²) in [6, 6.07) is 0. The van der Waals surface area contributed by atoms with E-state index in [9.17, 15) is 4.79 Å². The summed E-state index contributed by atoms with van der Waals surface area (Å²) in [6.45, 7) is 4.12. The largest absolute Gasteiger partial charge is 0.464 e. The smallest absolute Gasteiger partial charge is 0.332 e. The molecule has 1 atom stereocenters. The number of hydrogen-bond donors (Lipinski definition) is 1. The molecule has 0 aromatic heterocycles. The van der Waals surface area contributed by atoms with Gasteiger partial charge in [-0.15, -0.1) is 0 Å². The normalized spacial score (nSPS) is 22.6. The van der Waals surface area contributed by atoms with E-state index >= 15 is 0 Å². The predicted molar refractivity (Wildman–Crippen MR) is 43.9 cm³/mol.